The molecule has 0 radical (unpaired) electrons. The molecule has 35 heavy (non-hydrogen) atoms. The second kappa shape index (κ2) is 18.6. The van der Waals surface area contributed by atoms with Crippen LogP contribution in [-0.2, 0) is 19.2 Å². The predicted octanol–water partition coefficient (Wildman–Crippen LogP) is -1.47. The van der Waals surface area contributed by atoms with Crippen molar-refractivity contribution in [2.24, 2.45) is 16.7 Å². The number of nitrogens with one attached hydrogen (secondary N) is 6. The van der Waals surface area contributed by atoms with Gasteiger partial charge in [0.1, 0.15) is 18.1 Å². The third-order valence-corrected chi connectivity index (χ3v) is 4.76. The van der Waals surface area contributed by atoms with Gasteiger partial charge >= 0.3 is 5.97 Å². The minimum Gasteiger partial charge on any atom is -0.480 e. The normalized spacial score (nSPS) is 12.7. The first kappa shape index (κ1) is 31.2. The van der Waals surface area contributed by atoms with Gasteiger partial charge in [0.05, 0.1) is 6.54 Å². The number of rotatable bonds is 19. The summed E-state index contributed by atoms with van der Waals surface area (Å²) in [5.41, 5.74) is 21.3. The maximum atomic E-state index is 12.8. The number of carboxylic acids is 1. The van der Waals surface area contributed by atoms with E-state index in [1.165, 1.54) is 6.92 Å². The minimum absolute atomic E-state index is 0.124. The summed E-state index contributed by atoms with van der Waals surface area (Å²) in [6.07, 6.45) is 2.17. The highest BCUT2D eigenvalue weighted by Crippen LogP contribution is 2.05. The van der Waals surface area contributed by atoms with E-state index >= 15 is 0 Å². The fourth-order valence-corrected chi connectivity index (χ4v) is 2.90. The quantitative estimate of drug-likeness (QED) is 0.0190. The number of aliphatic carboxylic acids is 1. The molecule has 16 heteroatoms. The standard InChI is InChI=1S/C19H37N11O5/c1-12(26-15(31)8-4-9-20)16(32)27-13(7-5-10-24-19(21)22)17(33)28-14(18(34)35)6-2-3-11-25-30-29-23/h12-14,25H,2-11,20H2,1H3,(H,26,31)(H,27,32)(H,28,33)(H,34,35)(H4,21,22,24)/t12-,13-,14-/m0/s1. The van der Waals surface area contributed by atoms with E-state index in [1.807, 2.05) is 0 Å². The summed E-state index contributed by atoms with van der Waals surface area (Å²) in [7, 11) is 0. The van der Waals surface area contributed by atoms with Crippen LogP contribution >= 0.6 is 0 Å². The lowest BCUT2D eigenvalue weighted by molar-refractivity contribution is -0.142. The second-order valence-electron chi connectivity index (χ2n) is 7.72. The van der Waals surface area contributed by atoms with Gasteiger partial charge in [0, 0.05) is 13.0 Å². The summed E-state index contributed by atoms with van der Waals surface area (Å²) < 4.78 is 0. The Morgan fingerprint density at radius 2 is 1.66 bits per heavy atom. The van der Waals surface area contributed by atoms with E-state index in [2.05, 4.69) is 36.8 Å². The molecule has 0 saturated heterocycles. The first-order valence-corrected chi connectivity index (χ1v) is 11.3. The number of carbonyl (C=O) groups is 4. The number of carboxylic acid groups (broad SMARTS) is 1. The average Bonchev–Trinajstić information content (AvgIpc) is 2.80. The van der Waals surface area contributed by atoms with Crippen LogP contribution in [0.2, 0.25) is 0 Å². The van der Waals surface area contributed by atoms with Crippen molar-refractivity contribution in [3.8, 4) is 0 Å². The van der Waals surface area contributed by atoms with Gasteiger partial charge in [-0.3, -0.25) is 25.2 Å². The van der Waals surface area contributed by atoms with Crippen molar-refractivity contribution in [3.05, 3.63) is 10.4 Å². The smallest absolute Gasteiger partial charge is 0.326 e. The summed E-state index contributed by atoms with van der Waals surface area (Å²) in [5, 5.41) is 29.9. The molecule has 0 aliphatic rings. The topological polar surface area (TPSA) is 273 Å². The van der Waals surface area contributed by atoms with Crippen LogP contribution in [0.15, 0.2) is 5.22 Å². The van der Waals surface area contributed by atoms with Crippen molar-refractivity contribution in [1.29, 1.82) is 5.41 Å². The molecule has 0 saturated carbocycles. The molecule has 0 aromatic heterocycles. The highest BCUT2D eigenvalue weighted by Gasteiger charge is 2.27. The van der Waals surface area contributed by atoms with E-state index in [4.69, 9.17) is 22.4 Å². The molecule has 3 amide bonds. The van der Waals surface area contributed by atoms with Gasteiger partial charge in [-0.05, 0) is 57.2 Å². The van der Waals surface area contributed by atoms with Gasteiger partial charge in [-0.25, -0.2) is 4.79 Å². The lowest BCUT2D eigenvalue weighted by atomic mass is 10.1. The maximum Gasteiger partial charge on any atom is 0.326 e. The van der Waals surface area contributed by atoms with Crippen LogP contribution in [0.5, 0.6) is 0 Å². The van der Waals surface area contributed by atoms with Gasteiger partial charge < -0.3 is 37.8 Å². The molecule has 0 bridgehead atoms. The summed E-state index contributed by atoms with van der Waals surface area (Å²) >= 11 is 0. The maximum absolute atomic E-state index is 12.8. The lowest BCUT2D eigenvalue weighted by Crippen LogP contribution is -2.55. The van der Waals surface area contributed by atoms with Crippen LogP contribution in [0.1, 0.15) is 51.9 Å². The Morgan fingerprint density at radius 3 is 2.26 bits per heavy atom. The van der Waals surface area contributed by atoms with E-state index in [0.717, 1.165) is 0 Å². The number of hydrogen-bond donors (Lipinski definition) is 9. The summed E-state index contributed by atoms with van der Waals surface area (Å²) in [4.78, 5) is 51.4. The Morgan fingerprint density at radius 1 is 1.00 bits per heavy atom. The molecule has 0 aliphatic carbocycles. The van der Waals surface area contributed by atoms with Gasteiger partial charge in [0.25, 0.3) is 0 Å². The zero-order valence-corrected chi connectivity index (χ0v) is 19.9. The van der Waals surface area contributed by atoms with E-state index < -0.39 is 35.9 Å². The van der Waals surface area contributed by atoms with E-state index in [9.17, 15) is 24.3 Å². The Balaban J connectivity index is 5.06. The number of amides is 3. The largest absolute Gasteiger partial charge is 0.480 e. The molecule has 0 unspecified atom stereocenters. The molecule has 0 aromatic carbocycles. The van der Waals surface area contributed by atoms with Gasteiger partial charge in [-0.2, -0.15) is 4.91 Å². The molecule has 0 spiro atoms. The molecule has 0 heterocycles. The number of guanidine groups is 1. The second-order valence-corrected chi connectivity index (χ2v) is 7.72. The third-order valence-electron chi connectivity index (χ3n) is 4.76. The highest BCUT2D eigenvalue weighted by molar-refractivity contribution is 5.93. The molecule has 3 atom stereocenters. The lowest BCUT2D eigenvalue weighted by Gasteiger charge is -2.23. The fraction of sp³-hybridized carbons (Fsp3) is 0.737. The predicted molar refractivity (Wildman–Crippen MR) is 128 cm³/mol. The number of unbranched alkanes of at least 4 members (excludes halogenated alkanes) is 1. The molecule has 0 fully saturated rings. The van der Waals surface area contributed by atoms with Crippen LogP contribution in [-0.4, -0.2) is 72.5 Å². The minimum atomic E-state index is -1.23. The van der Waals surface area contributed by atoms with Crippen molar-refractivity contribution in [2.75, 3.05) is 19.6 Å². The zero-order chi connectivity index (χ0) is 26.6. The van der Waals surface area contributed by atoms with Crippen molar-refractivity contribution < 1.29 is 24.3 Å². The summed E-state index contributed by atoms with van der Waals surface area (Å²) in [5.74, 6) is -3.13. The molecule has 0 aromatic rings. The number of hydrogen-bond acceptors (Lipinski definition) is 7. The highest BCUT2D eigenvalue weighted by atomic mass is 16.4. The van der Waals surface area contributed by atoms with Crippen LogP contribution in [0.25, 0.3) is 10.4 Å². The van der Waals surface area contributed by atoms with Crippen molar-refractivity contribution in [1.82, 2.24) is 26.7 Å². The zero-order valence-electron chi connectivity index (χ0n) is 19.9. The van der Waals surface area contributed by atoms with Crippen LogP contribution in [0.4, 0.5) is 0 Å². The summed E-state index contributed by atoms with van der Waals surface area (Å²) in [6.45, 7) is 2.41. The van der Waals surface area contributed by atoms with Crippen molar-refractivity contribution in [3.63, 3.8) is 0 Å². The van der Waals surface area contributed by atoms with E-state index in [1.54, 1.807) is 0 Å². The first-order chi connectivity index (χ1) is 16.6. The number of nitrogens with zero attached hydrogens (tertiary/aromatic N) is 3. The molecule has 11 N–H and O–H groups in total. The molecule has 0 aliphatic heterocycles. The Hall–Kier alpha value is -3.78. The monoisotopic (exact) mass is 499 g/mol. The third kappa shape index (κ3) is 15.6. The molecule has 16 nitrogen and oxygen atoms in total. The number of nitrogens with two attached hydrogens (primary N) is 2. The number of carbonyl (C=O) groups excluding carboxylic acids is 3. The SMILES string of the molecule is C[C@H](NC(=O)CCCN)C(=O)N[C@@H](CCCNC(=N)N)C(=O)N[C@@H](CCCCNN=[N+]=[N-])C(=O)O. The van der Waals surface area contributed by atoms with Gasteiger partial charge in [0.2, 0.25) is 17.7 Å². The van der Waals surface area contributed by atoms with Gasteiger partial charge in [-0.15, -0.1) is 5.53 Å². The van der Waals surface area contributed by atoms with Gasteiger partial charge in [0.15, 0.2) is 5.96 Å². The van der Waals surface area contributed by atoms with Crippen molar-refractivity contribution >= 4 is 29.7 Å². The Labute approximate surface area is 203 Å². The Bertz CT molecular complexity index is 757. The first-order valence-electron chi connectivity index (χ1n) is 11.3. The van der Waals surface area contributed by atoms with E-state index in [-0.39, 0.29) is 37.7 Å². The van der Waals surface area contributed by atoms with Gasteiger partial charge in [-0.1, -0.05) is 0 Å². The fourth-order valence-electron chi connectivity index (χ4n) is 2.90. The Kier molecular flexibility index (Phi) is 16.6. The van der Waals surface area contributed by atoms with Crippen molar-refractivity contribution in [2.45, 2.75) is 70.0 Å². The molecule has 198 valence electrons. The molecule has 0 rings (SSSR count). The average molecular weight is 500 g/mol. The summed E-state index contributed by atoms with van der Waals surface area (Å²) in [6, 6.07) is -3.19. The van der Waals surface area contributed by atoms with Crippen LogP contribution < -0.4 is 38.2 Å². The molecular weight excluding hydrogens is 462 g/mol. The molecular formula is C19H37N11O5. The van der Waals surface area contributed by atoms with E-state index in [0.29, 0.717) is 38.8 Å². The van der Waals surface area contributed by atoms with Crippen LogP contribution in [0.3, 0.4) is 0 Å². The van der Waals surface area contributed by atoms with Crippen LogP contribution in [0, 0.1) is 5.41 Å². The number of azide groups is 1.